The van der Waals surface area contributed by atoms with Crippen LogP contribution in [0.25, 0.3) is 0 Å². The molecule has 2 heterocycles. The minimum Gasteiger partial charge on any atom is -0.493 e. The molecule has 0 spiro atoms. The smallest absolute Gasteiger partial charge is 0.417 e. The van der Waals surface area contributed by atoms with Crippen LogP contribution in [0.15, 0.2) is 35.3 Å². The van der Waals surface area contributed by atoms with Crippen LogP contribution < -0.4 is 10.2 Å². The van der Waals surface area contributed by atoms with Crippen molar-refractivity contribution in [3.63, 3.8) is 0 Å². The molecule has 3 rings (SSSR count). The molecule has 1 aliphatic heterocycles. The molecule has 0 unspecified atom stereocenters. The van der Waals surface area contributed by atoms with Gasteiger partial charge in [0, 0.05) is 41.4 Å². The van der Waals surface area contributed by atoms with Crippen molar-refractivity contribution >= 4 is 0 Å². The van der Waals surface area contributed by atoms with Crippen molar-refractivity contribution in [3.8, 4) is 5.75 Å². The Labute approximate surface area is 157 Å². The highest BCUT2D eigenvalue weighted by molar-refractivity contribution is 5.41. The first-order valence-corrected chi connectivity index (χ1v) is 8.46. The van der Waals surface area contributed by atoms with Crippen molar-refractivity contribution in [3.05, 3.63) is 63.6 Å². The van der Waals surface area contributed by atoms with E-state index in [1.54, 1.807) is 0 Å². The summed E-state index contributed by atoms with van der Waals surface area (Å²) in [6.45, 7) is 2.22. The summed E-state index contributed by atoms with van der Waals surface area (Å²) in [4.78, 5) is 14.4. The van der Waals surface area contributed by atoms with Crippen molar-refractivity contribution in [2.45, 2.75) is 37.6 Å². The van der Waals surface area contributed by atoms with E-state index in [-0.39, 0.29) is 11.3 Å². The molecule has 0 saturated carbocycles. The van der Waals surface area contributed by atoms with Crippen LogP contribution in [0, 0.1) is 17.6 Å². The third-order valence-electron chi connectivity index (χ3n) is 5.41. The predicted molar refractivity (Wildman–Crippen MR) is 90.2 cm³/mol. The zero-order valence-corrected chi connectivity index (χ0v) is 15.2. The third kappa shape index (κ3) is 3.07. The lowest BCUT2D eigenvalue weighted by Gasteiger charge is -2.32. The van der Waals surface area contributed by atoms with E-state index in [1.165, 1.54) is 25.3 Å². The normalized spacial score (nSPS) is 27.8. The summed E-state index contributed by atoms with van der Waals surface area (Å²) in [6, 6.07) is 4.34. The number of hydrogen-bond donors (Lipinski definition) is 1. The van der Waals surface area contributed by atoms with Gasteiger partial charge in [0.25, 0.3) is 0 Å². The fourth-order valence-electron chi connectivity index (χ4n) is 3.71. The zero-order chi connectivity index (χ0) is 20.9. The van der Waals surface area contributed by atoms with Crippen LogP contribution in [0.3, 0.4) is 0 Å². The molecule has 4 nitrogen and oxygen atoms in total. The van der Waals surface area contributed by atoms with Crippen LogP contribution in [0.1, 0.15) is 37.1 Å². The molecule has 28 heavy (non-hydrogen) atoms. The summed E-state index contributed by atoms with van der Waals surface area (Å²) in [5.41, 5.74) is -2.88. The van der Waals surface area contributed by atoms with Gasteiger partial charge in [-0.3, -0.25) is 4.79 Å². The summed E-state index contributed by atoms with van der Waals surface area (Å²) in [7, 11) is 1.10. The molecule has 0 aliphatic carbocycles. The van der Waals surface area contributed by atoms with Crippen molar-refractivity contribution < 1.29 is 31.4 Å². The second-order valence-corrected chi connectivity index (χ2v) is 6.92. The zero-order valence-electron chi connectivity index (χ0n) is 15.2. The number of benzene rings is 1. The molecular formula is C19H18F5NO3. The highest BCUT2D eigenvalue weighted by atomic mass is 19.4. The molecule has 1 aromatic carbocycles. The van der Waals surface area contributed by atoms with E-state index in [4.69, 9.17) is 9.47 Å². The first kappa shape index (κ1) is 20.3. The second kappa shape index (κ2) is 6.88. The number of alkyl halides is 3. The Kier molecular flexibility index (Phi) is 4.99. The van der Waals surface area contributed by atoms with Gasteiger partial charge in [-0.05, 0) is 13.0 Å². The van der Waals surface area contributed by atoms with E-state index in [1.807, 2.05) is 0 Å². The number of rotatable bonds is 3. The minimum absolute atomic E-state index is 0.0246. The Morgan fingerprint density at radius 3 is 2.46 bits per heavy atom. The van der Waals surface area contributed by atoms with Crippen LogP contribution in [0.5, 0.6) is 5.75 Å². The summed E-state index contributed by atoms with van der Waals surface area (Å²) >= 11 is 0. The van der Waals surface area contributed by atoms with Crippen LogP contribution >= 0.6 is 0 Å². The van der Waals surface area contributed by atoms with Crippen LogP contribution in [-0.2, 0) is 4.74 Å². The lowest BCUT2D eigenvalue weighted by Crippen LogP contribution is -2.46. The first-order chi connectivity index (χ1) is 13.0. The van der Waals surface area contributed by atoms with Crippen molar-refractivity contribution in [1.29, 1.82) is 0 Å². The van der Waals surface area contributed by atoms with E-state index < -0.39 is 52.5 Å². The van der Waals surface area contributed by atoms with Gasteiger partial charge in [-0.25, -0.2) is 4.39 Å². The summed E-state index contributed by atoms with van der Waals surface area (Å²) < 4.78 is 79.7. The van der Waals surface area contributed by atoms with E-state index in [0.717, 1.165) is 26.2 Å². The number of pyridine rings is 1. The number of ether oxygens (including phenoxy) is 2. The number of hydrogen-bond acceptors (Lipinski definition) is 3. The number of H-pyrrole nitrogens is 1. The van der Waals surface area contributed by atoms with Crippen molar-refractivity contribution in [1.82, 2.24) is 4.98 Å². The van der Waals surface area contributed by atoms with E-state index in [9.17, 15) is 26.7 Å². The number of aromatic amines is 1. The third-order valence-corrected chi connectivity index (χ3v) is 5.41. The minimum atomic E-state index is -4.74. The highest BCUT2D eigenvalue weighted by Crippen LogP contribution is 2.59. The lowest BCUT2D eigenvalue weighted by atomic mass is 9.76. The molecule has 1 saturated heterocycles. The van der Waals surface area contributed by atoms with Crippen LogP contribution in [-0.4, -0.2) is 23.9 Å². The van der Waals surface area contributed by atoms with Crippen LogP contribution in [0.4, 0.5) is 22.0 Å². The molecular weight excluding hydrogens is 385 g/mol. The fourth-order valence-corrected chi connectivity index (χ4v) is 3.71. The summed E-state index contributed by atoms with van der Waals surface area (Å²) in [6.07, 6.45) is -4.70. The van der Waals surface area contributed by atoms with E-state index >= 15 is 0 Å². The average Bonchev–Trinajstić information content (AvgIpc) is 2.90. The van der Waals surface area contributed by atoms with Gasteiger partial charge in [-0.1, -0.05) is 13.0 Å². The quantitative estimate of drug-likeness (QED) is 0.770. The standard InChI is InChI=1S/C19H18F5NO3/c1-9-14(11-4-5-12(20)15(21)16(11)27-3)17(13-8-10(26)6-7-25-13)28-18(9,2)19(22,23)24/h4-9,14,17H,1-3H3,(H,25,26)/t9-,14-,17-,18+/m0/s1. The molecule has 4 atom stereocenters. The maximum atomic E-state index is 14.2. The van der Waals surface area contributed by atoms with Gasteiger partial charge >= 0.3 is 6.18 Å². The van der Waals surface area contributed by atoms with Gasteiger partial charge < -0.3 is 14.5 Å². The van der Waals surface area contributed by atoms with Gasteiger partial charge in [0.1, 0.15) is 6.10 Å². The number of nitrogens with one attached hydrogen (secondary N) is 1. The fraction of sp³-hybridized carbons (Fsp3) is 0.421. The summed E-state index contributed by atoms with van der Waals surface area (Å²) in [5.74, 6) is -5.23. The number of aromatic nitrogens is 1. The molecule has 9 heteroatoms. The number of methoxy groups -OCH3 is 1. The Morgan fingerprint density at radius 2 is 1.89 bits per heavy atom. The lowest BCUT2D eigenvalue weighted by molar-refractivity contribution is -0.275. The Morgan fingerprint density at radius 1 is 1.21 bits per heavy atom. The van der Waals surface area contributed by atoms with Gasteiger partial charge in [0.05, 0.1) is 7.11 Å². The summed E-state index contributed by atoms with van der Waals surface area (Å²) in [5, 5.41) is 0. The Hall–Kier alpha value is -2.42. The largest absolute Gasteiger partial charge is 0.493 e. The van der Waals surface area contributed by atoms with Gasteiger partial charge in [-0.2, -0.15) is 17.6 Å². The molecule has 0 bridgehead atoms. The monoisotopic (exact) mass is 403 g/mol. The van der Waals surface area contributed by atoms with Gasteiger partial charge in [0.15, 0.2) is 22.6 Å². The van der Waals surface area contributed by atoms with E-state index in [2.05, 4.69) is 4.98 Å². The predicted octanol–water partition coefficient (Wildman–Crippen LogP) is 4.47. The molecule has 152 valence electrons. The topological polar surface area (TPSA) is 51.3 Å². The van der Waals surface area contributed by atoms with Crippen LogP contribution in [0.2, 0.25) is 0 Å². The first-order valence-electron chi connectivity index (χ1n) is 8.46. The maximum absolute atomic E-state index is 14.2. The molecule has 0 radical (unpaired) electrons. The van der Waals surface area contributed by atoms with Crippen molar-refractivity contribution in [2.24, 2.45) is 5.92 Å². The molecule has 0 amide bonds. The van der Waals surface area contributed by atoms with Crippen molar-refractivity contribution in [2.75, 3.05) is 7.11 Å². The van der Waals surface area contributed by atoms with Gasteiger partial charge in [-0.15, -0.1) is 0 Å². The Balaban J connectivity index is 2.23. The molecule has 1 aliphatic rings. The molecule has 1 N–H and O–H groups in total. The van der Waals surface area contributed by atoms with E-state index in [0.29, 0.717) is 0 Å². The maximum Gasteiger partial charge on any atom is 0.417 e. The molecule has 1 aromatic heterocycles. The molecule has 1 fully saturated rings. The second-order valence-electron chi connectivity index (χ2n) is 6.92. The average molecular weight is 403 g/mol. The highest BCUT2D eigenvalue weighted by Gasteiger charge is 2.65. The Bertz CT molecular complexity index is 942. The number of halogens is 5. The molecule has 2 aromatic rings. The van der Waals surface area contributed by atoms with Gasteiger partial charge in [0.2, 0.25) is 5.82 Å². The SMILES string of the molecule is COc1c([C@H]2[C@H](c3cc(=O)cc[nH]3)O[C@@](C)(C(F)(F)F)[C@H]2C)ccc(F)c1F.